The number of ether oxygens (including phenoxy) is 1. The molecule has 0 saturated heterocycles. The van der Waals surface area contributed by atoms with E-state index in [-0.39, 0.29) is 6.61 Å². The lowest BCUT2D eigenvalue weighted by Gasteiger charge is -1.86. The van der Waals surface area contributed by atoms with Gasteiger partial charge >= 0.3 is 0 Å². The predicted octanol–water partition coefficient (Wildman–Crippen LogP) is -0.257. The Hall–Kier alpha value is -1.39. The lowest BCUT2D eigenvalue weighted by molar-refractivity contribution is -0.130. The molecule has 48 valence electrons. The average Bonchev–Trinajstić information content (AvgIpc) is 2.34. The quantitative estimate of drug-likeness (QED) is 0.525. The van der Waals surface area contributed by atoms with Crippen LogP contribution in [0, 0.1) is 0 Å². The van der Waals surface area contributed by atoms with E-state index < -0.39 is 0 Å². The van der Waals surface area contributed by atoms with Crippen LogP contribution in [0.3, 0.4) is 0 Å². The smallest absolute Gasteiger partial charge is 0.293 e. The number of carbonyl (C=O) groups is 1. The molecule has 5 nitrogen and oxygen atoms in total. The standard InChI is InChI=1S/C4H4N2O3/c7-3-8-1-4-5-2-9-6-4/h2-3H,1H2. The molecule has 0 fully saturated rings. The van der Waals surface area contributed by atoms with Crippen molar-refractivity contribution in [1.29, 1.82) is 0 Å². The first kappa shape index (κ1) is 5.74. The van der Waals surface area contributed by atoms with E-state index in [0.717, 1.165) is 0 Å². The van der Waals surface area contributed by atoms with Gasteiger partial charge in [0.2, 0.25) is 12.2 Å². The number of nitrogens with zero attached hydrogens (tertiary/aromatic N) is 2. The van der Waals surface area contributed by atoms with Gasteiger partial charge in [-0.3, -0.25) is 4.79 Å². The molecule has 0 atom stereocenters. The summed E-state index contributed by atoms with van der Waals surface area (Å²) in [4.78, 5) is 13.2. The maximum atomic E-state index is 9.59. The van der Waals surface area contributed by atoms with Crippen molar-refractivity contribution < 1.29 is 14.1 Å². The maximum absolute atomic E-state index is 9.59. The molecule has 9 heavy (non-hydrogen) atoms. The Morgan fingerprint density at radius 1 is 1.89 bits per heavy atom. The SMILES string of the molecule is O=COCc1ncon1. The van der Waals surface area contributed by atoms with Crippen LogP contribution in [0.5, 0.6) is 0 Å². The summed E-state index contributed by atoms with van der Waals surface area (Å²) in [7, 11) is 0. The number of aromatic nitrogens is 2. The first-order chi connectivity index (χ1) is 4.43. The summed E-state index contributed by atoms with van der Waals surface area (Å²) < 4.78 is 8.67. The molecule has 0 aliphatic rings. The second-order valence-electron chi connectivity index (χ2n) is 1.25. The predicted molar refractivity (Wildman–Crippen MR) is 25.2 cm³/mol. The van der Waals surface area contributed by atoms with Gasteiger partial charge in [-0.15, -0.1) is 0 Å². The highest BCUT2D eigenvalue weighted by atomic mass is 16.5. The third-order valence-corrected chi connectivity index (χ3v) is 0.687. The van der Waals surface area contributed by atoms with Crippen LogP contribution < -0.4 is 0 Å². The van der Waals surface area contributed by atoms with Gasteiger partial charge in [-0.25, -0.2) is 0 Å². The van der Waals surface area contributed by atoms with E-state index in [0.29, 0.717) is 12.3 Å². The average molecular weight is 128 g/mol. The summed E-state index contributed by atoms with van der Waals surface area (Å²) in [5, 5.41) is 3.38. The van der Waals surface area contributed by atoms with Crippen LogP contribution in [0.25, 0.3) is 0 Å². The van der Waals surface area contributed by atoms with E-state index >= 15 is 0 Å². The first-order valence-corrected chi connectivity index (χ1v) is 2.24. The minimum absolute atomic E-state index is 0.0694. The van der Waals surface area contributed by atoms with Crippen LogP contribution in [0.2, 0.25) is 0 Å². The van der Waals surface area contributed by atoms with Gasteiger partial charge in [-0.1, -0.05) is 5.16 Å². The van der Waals surface area contributed by atoms with Crippen molar-refractivity contribution in [2.24, 2.45) is 0 Å². The highest BCUT2D eigenvalue weighted by Crippen LogP contribution is 1.88. The lowest BCUT2D eigenvalue weighted by Crippen LogP contribution is -1.91. The second kappa shape index (κ2) is 2.81. The normalized spacial score (nSPS) is 8.89. The van der Waals surface area contributed by atoms with E-state index in [9.17, 15) is 4.79 Å². The molecular weight excluding hydrogens is 124 g/mol. The van der Waals surface area contributed by atoms with Gasteiger partial charge in [-0.2, -0.15) is 4.98 Å². The molecule has 0 aromatic carbocycles. The number of rotatable bonds is 3. The Morgan fingerprint density at radius 2 is 2.78 bits per heavy atom. The summed E-state index contributed by atoms with van der Waals surface area (Å²) in [5.41, 5.74) is 0. The van der Waals surface area contributed by atoms with Crippen molar-refractivity contribution in [1.82, 2.24) is 10.1 Å². The zero-order valence-electron chi connectivity index (χ0n) is 4.48. The van der Waals surface area contributed by atoms with Gasteiger partial charge in [-0.05, 0) is 0 Å². The number of hydrogen-bond acceptors (Lipinski definition) is 5. The second-order valence-corrected chi connectivity index (χ2v) is 1.25. The van der Waals surface area contributed by atoms with Gasteiger partial charge in [0.1, 0.15) is 0 Å². The minimum atomic E-state index is 0.0694. The highest BCUT2D eigenvalue weighted by Gasteiger charge is 1.94. The summed E-state index contributed by atoms with van der Waals surface area (Å²) in [6.45, 7) is 0.399. The molecule has 5 heteroatoms. The van der Waals surface area contributed by atoms with Crippen LogP contribution in [-0.4, -0.2) is 16.6 Å². The zero-order chi connectivity index (χ0) is 6.53. The van der Waals surface area contributed by atoms with Gasteiger partial charge in [0, 0.05) is 0 Å². The largest absolute Gasteiger partial charge is 0.460 e. The summed E-state index contributed by atoms with van der Waals surface area (Å²) >= 11 is 0. The molecule has 0 N–H and O–H groups in total. The fourth-order valence-electron chi connectivity index (χ4n) is 0.365. The Kier molecular flexibility index (Phi) is 1.79. The molecule has 1 aromatic heterocycles. The van der Waals surface area contributed by atoms with Gasteiger partial charge in [0.25, 0.3) is 6.47 Å². The highest BCUT2D eigenvalue weighted by molar-refractivity contribution is 5.36. The molecule has 1 aromatic rings. The van der Waals surface area contributed by atoms with E-state index in [1.54, 1.807) is 0 Å². The Balaban J connectivity index is 2.38. The van der Waals surface area contributed by atoms with Crippen LogP contribution in [0.1, 0.15) is 5.82 Å². The molecule has 0 spiro atoms. The van der Waals surface area contributed by atoms with Crippen molar-refractivity contribution in [3.05, 3.63) is 12.2 Å². The van der Waals surface area contributed by atoms with Crippen molar-refractivity contribution in [3.8, 4) is 0 Å². The third kappa shape index (κ3) is 1.52. The fourth-order valence-corrected chi connectivity index (χ4v) is 0.365. The molecule has 0 aliphatic heterocycles. The van der Waals surface area contributed by atoms with Crippen LogP contribution in [0.4, 0.5) is 0 Å². The Bertz CT molecular complexity index is 172. The summed E-state index contributed by atoms with van der Waals surface area (Å²) in [6.07, 6.45) is 1.17. The van der Waals surface area contributed by atoms with E-state index in [4.69, 9.17) is 0 Å². The summed E-state index contributed by atoms with van der Waals surface area (Å²) in [5.74, 6) is 0.363. The number of hydrogen-bond donors (Lipinski definition) is 0. The lowest BCUT2D eigenvalue weighted by atomic mass is 10.7. The Morgan fingerprint density at radius 3 is 3.33 bits per heavy atom. The van der Waals surface area contributed by atoms with Crippen molar-refractivity contribution >= 4 is 6.47 Å². The zero-order valence-corrected chi connectivity index (χ0v) is 4.48. The van der Waals surface area contributed by atoms with Crippen molar-refractivity contribution in [2.75, 3.05) is 0 Å². The van der Waals surface area contributed by atoms with Crippen molar-refractivity contribution in [3.63, 3.8) is 0 Å². The first-order valence-electron chi connectivity index (χ1n) is 2.24. The van der Waals surface area contributed by atoms with Crippen LogP contribution in [-0.2, 0) is 16.1 Å². The van der Waals surface area contributed by atoms with Crippen LogP contribution in [0.15, 0.2) is 10.9 Å². The van der Waals surface area contributed by atoms with E-state index in [1.165, 1.54) is 6.39 Å². The van der Waals surface area contributed by atoms with Gasteiger partial charge in [0.15, 0.2) is 6.61 Å². The molecule has 0 aliphatic carbocycles. The monoisotopic (exact) mass is 128 g/mol. The van der Waals surface area contributed by atoms with E-state index in [2.05, 4.69) is 19.4 Å². The fraction of sp³-hybridized carbons (Fsp3) is 0.250. The topological polar surface area (TPSA) is 65.2 Å². The molecule has 0 radical (unpaired) electrons. The number of carbonyl (C=O) groups excluding carboxylic acids is 1. The molecule has 1 heterocycles. The van der Waals surface area contributed by atoms with Gasteiger partial charge in [0.05, 0.1) is 0 Å². The maximum Gasteiger partial charge on any atom is 0.293 e. The molecule has 0 amide bonds. The van der Waals surface area contributed by atoms with E-state index in [1.807, 2.05) is 0 Å². The summed E-state index contributed by atoms with van der Waals surface area (Å²) in [6, 6.07) is 0. The molecular formula is C4H4N2O3. The third-order valence-electron chi connectivity index (χ3n) is 0.687. The molecule has 1 rings (SSSR count). The Labute approximate surface area is 50.6 Å². The molecule has 0 saturated carbocycles. The van der Waals surface area contributed by atoms with Crippen molar-refractivity contribution in [2.45, 2.75) is 6.61 Å². The molecule has 0 bridgehead atoms. The van der Waals surface area contributed by atoms with Crippen LogP contribution >= 0.6 is 0 Å². The minimum Gasteiger partial charge on any atom is -0.460 e. The molecule has 0 unspecified atom stereocenters. The van der Waals surface area contributed by atoms with Gasteiger partial charge < -0.3 is 9.26 Å².